The molecular formula is C13H7F3N2O4. The van der Waals surface area contributed by atoms with Crippen molar-refractivity contribution in [2.45, 2.75) is 6.18 Å². The van der Waals surface area contributed by atoms with Gasteiger partial charge in [0.1, 0.15) is 0 Å². The van der Waals surface area contributed by atoms with Gasteiger partial charge in [-0.2, -0.15) is 13.2 Å². The normalized spacial score (nSPS) is 11.2. The fourth-order valence-corrected chi connectivity index (χ4v) is 1.82. The van der Waals surface area contributed by atoms with Gasteiger partial charge < -0.3 is 0 Å². The molecule has 0 aliphatic heterocycles. The zero-order valence-electron chi connectivity index (χ0n) is 10.7. The second-order valence-electron chi connectivity index (χ2n) is 4.33. The number of halogens is 3. The highest BCUT2D eigenvalue weighted by Gasteiger charge is 2.30. The van der Waals surface area contributed by atoms with E-state index in [0.29, 0.717) is 0 Å². The van der Waals surface area contributed by atoms with Crippen LogP contribution in [0.1, 0.15) is 5.56 Å². The number of nitro benzene ring substituents is 2. The molecule has 0 saturated carbocycles. The van der Waals surface area contributed by atoms with Crippen LogP contribution in [0.3, 0.4) is 0 Å². The van der Waals surface area contributed by atoms with E-state index in [1.165, 1.54) is 0 Å². The van der Waals surface area contributed by atoms with Gasteiger partial charge in [-0.3, -0.25) is 20.2 Å². The molecule has 9 heteroatoms. The monoisotopic (exact) mass is 312 g/mol. The number of hydrogen-bond acceptors (Lipinski definition) is 4. The molecule has 0 aliphatic rings. The smallest absolute Gasteiger partial charge is 0.258 e. The summed E-state index contributed by atoms with van der Waals surface area (Å²) in [5.74, 6) is 0. The lowest BCUT2D eigenvalue weighted by atomic mass is 10.0. The molecule has 0 bridgehead atoms. The van der Waals surface area contributed by atoms with E-state index in [0.717, 1.165) is 42.5 Å². The summed E-state index contributed by atoms with van der Waals surface area (Å²) in [5.41, 5.74) is -1.60. The molecule has 114 valence electrons. The van der Waals surface area contributed by atoms with E-state index in [2.05, 4.69) is 0 Å². The summed E-state index contributed by atoms with van der Waals surface area (Å²) >= 11 is 0. The van der Waals surface area contributed by atoms with Crippen LogP contribution in [0.25, 0.3) is 11.1 Å². The van der Waals surface area contributed by atoms with Crippen LogP contribution in [0.4, 0.5) is 24.5 Å². The van der Waals surface area contributed by atoms with Gasteiger partial charge in [0.05, 0.1) is 21.5 Å². The average molecular weight is 312 g/mol. The van der Waals surface area contributed by atoms with Crippen molar-refractivity contribution in [1.29, 1.82) is 0 Å². The van der Waals surface area contributed by atoms with Gasteiger partial charge in [-0.1, -0.05) is 12.1 Å². The Bertz CT molecular complexity index is 710. The lowest BCUT2D eigenvalue weighted by Gasteiger charge is -2.07. The van der Waals surface area contributed by atoms with Gasteiger partial charge in [-0.25, -0.2) is 0 Å². The Balaban J connectivity index is 2.52. The maximum absolute atomic E-state index is 12.5. The van der Waals surface area contributed by atoms with Crippen molar-refractivity contribution in [2.75, 3.05) is 0 Å². The molecule has 0 heterocycles. The molecule has 0 spiro atoms. The molecule has 0 atom stereocenters. The average Bonchev–Trinajstić information content (AvgIpc) is 2.46. The van der Waals surface area contributed by atoms with Crippen molar-refractivity contribution in [3.63, 3.8) is 0 Å². The Hall–Kier alpha value is -2.97. The Morgan fingerprint density at radius 1 is 0.773 bits per heavy atom. The van der Waals surface area contributed by atoms with E-state index in [1.54, 1.807) is 0 Å². The van der Waals surface area contributed by atoms with Crippen LogP contribution in [0.2, 0.25) is 0 Å². The minimum Gasteiger partial charge on any atom is -0.258 e. The Labute approximate surface area is 121 Å². The molecule has 0 fully saturated rings. The van der Waals surface area contributed by atoms with Crippen molar-refractivity contribution >= 4 is 11.4 Å². The topological polar surface area (TPSA) is 86.3 Å². The van der Waals surface area contributed by atoms with E-state index in [-0.39, 0.29) is 11.1 Å². The second-order valence-corrected chi connectivity index (χ2v) is 4.33. The first-order valence-corrected chi connectivity index (χ1v) is 5.80. The van der Waals surface area contributed by atoms with Crippen LogP contribution in [-0.4, -0.2) is 9.85 Å². The first-order chi connectivity index (χ1) is 10.2. The molecule has 0 N–H and O–H groups in total. The quantitative estimate of drug-likeness (QED) is 0.628. The third kappa shape index (κ3) is 3.19. The van der Waals surface area contributed by atoms with Crippen LogP contribution in [0.5, 0.6) is 0 Å². The highest BCUT2D eigenvalue weighted by Crippen LogP contribution is 2.33. The summed E-state index contributed by atoms with van der Waals surface area (Å²) in [4.78, 5) is 19.9. The zero-order chi connectivity index (χ0) is 16.5. The van der Waals surface area contributed by atoms with Gasteiger partial charge >= 0.3 is 6.18 Å². The van der Waals surface area contributed by atoms with Gasteiger partial charge in [-0.15, -0.1) is 0 Å². The molecule has 0 aliphatic carbocycles. The van der Waals surface area contributed by atoms with Crippen molar-refractivity contribution in [2.24, 2.45) is 0 Å². The number of hydrogen-bond donors (Lipinski definition) is 0. The molecular weight excluding hydrogens is 305 g/mol. The summed E-state index contributed by atoms with van der Waals surface area (Å²) in [5, 5.41) is 21.6. The van der Waals surface area contributed by atoms with Crippen molar-refractivity contribution in [1.82, 2.24) is 0 Å². The molecule has 0 saturated heterocycles. The molecule has 0 aromatic heterocycles. The molecule has 2 rings (SSSR count). The van der Waals surface area contributed by atoms with E-state index in [9.17, 15) is 33.4 Å². The van der Waals surface area contributed by atoms with Crippen LogP contribution >= 0.6 is 0 Å². The standard InChI is InChI=1S/C13H7F3N2O4/c14-13(15,16)10-3-1-8(2-4-10)9-5-11(17(19)20)7-12(6-9)18(21)22/h1-7H. The Kier molecular flexibility index (Phi) is 3.81. The highest BCUT2D eigenvalue weighted by molar-refractivity contribution is 5.70. The minimum absolute atomic E-state index is 0.0922. The number of nitro groups is 2. The first kappa shape index (κ1) is 15.4. The lowest BCUT2D eigenvalue weighted by Crippen LogP contribution is -2.04. The summed E-state index contributed by atoms with van der Waals surface area (Å²) in [6.45, 7) is 0. The van der Waals surface area contributed by atoms with Crippen molar-refractivity contribution < 1.29 is 23.0 Å². The summed E-state index contributed by atoms with van der Waals surface area (Å²) < 4.78 is 37.4. The summed E-state index contributed by atoms with van der Waals surface area (Å²) in [6, 6.07) is 6.73. The number of nitrogens with zero attached hydrogens (tertiary/aromatic N) is 2. The molecule has 0 unspecified atom stereocenters. The van der Waals surface area contributed by atoms with Crippen LogP contribution < -0.4 is 0 Å². The number of rotatable bonds is 3. The van der Waals surface area contributed by atoms with Gasteiger partial charge in [0.25, 0.3) is 11.4 Å². The predicted octanol–water partition coefficient (Wildman–Crippen LogP) is 4.19. The van der Waals surface area contributed by atoms with Gasteiger partial charge in [-0.05, 0) is 23.3 Å². The second kappa shape index (κ2) is 5.43. The number of alkyl halides is 3. The van der Waals surface area contributed by atoms with Crippen LogP contribution in [0, 0.1) is 20.2 Å². The minimum atomic E-state index is -4.51. The molecule has 0 amide bonds. The highest BCUT2D eigenvalue weighted by atomic mass is 19.4. The van der Waals surface area contributed by atoms with E-state index >= 15 is 0 Å². The molecule has 2 aromatic carbocycles. The number of non-ortho nitro benzene ring substituents is 2. The zero-order valence-corrected chi connectivity index (χ0v) is 10.7. The maximum Gasteiger partial charge on any atom is 0.416 e. The third-order valence-electron chi connectivity index (χ3n) is 2.87. The third-order valence-corrected chi connectivity index (χ3v) is 2.87. The Morgan fingerprint density at radius 3 is 1.59 bits per heavy atom. The maximum atomic E-state index is 12.5. The molecule has 0 radical (unpaired) electrons. The van der Waals surface area contributed by atoms with E-state index < -0.39 is 33.0 Å². The van der Waals surface area contributed by atoms with Gasteiger partial charge in [0.2, 0.25) is 0 Å². The van der Waals surface area contributed by atoms with Crippen molar-refractivity contribution in [3.8, 4) is 11.1 Å². The number of benzene rings is 2. The lowest BCUT2D eigenvalue weighted by molar-refractivity contribution is -0.394. The molecule has 22 heavy (non-hydrogen) atoms. The van der Waals surface area contributed by atoms with Crippen LogP contribution in [0.15, 0.2) is 42.5 Å². The predicted molar refractivity (Wildman–Crippen MR) is 70.2 cm³/mol. The fraction of sp³-hybridized carbons (Fsp3) is 0.0769. The molecule has 6 nitrogen and oxygen atoms in total. The Morgan fingerprint density at radius 2 is 1.23 bits per heavy atom. The van der Waals surface area contributed by atoms with Gasteiger partial charge in [0.15, 0.2) is 0 Å². The SMILES string of the molecule is O=[N+]([O-])c1cc(-c2ccc(C(F)(F)F)cc2)cc([N+](=O)[O-])c1. The van der Waals surface area contributed by atoms with Crippen molar-refractivity contribution in [3.05, 3.63) is 68.3 Å². The summed E-state index contributed by atoms with van der Waals surface area (Å²) in [7, 11) is 0. The summed E-state index contributed by atoms with van der Waals surface area (Å²) in [6.07, 6.45) is -4.51. The van der Waals surface area contributed by atoms with E-state index in [1.807, 2.05) is 0 Å². The van der Waals surface area contributed by atoms with Gasteiger partial charge in [0, 0.05) is 12.1 Å². The fourth-order valence-electron chi connectivity index (χ4n) is 1.82. The van der Waals surface area contributed by atoms with E-state index in [4.69, 9.17) is 0 Å². The molecule has 2 aromatic rings. The first-order valence-electron chi connectivity index (χ1n) is 5.80. The largest absolute Gasteiger partial charge is 0.416 e. The van der Waals surface area contributed by atoms with Crippen LogP contribution in [-0.2, 0) is 6.18 Å².